The second kappa shape index (κ2) is 5.01. The summed E-state index contributed by atoms with van der Waals surface area (Å²) < 4.78 is 27.1. The molecule has 2 aliphatic carbocycles. The van der Waals surface area contributed by atoms with Crippen LogP contribution in [-0.2, 0) is 0 Å². The fourth-order valence-corrected chi connectivity index (χ4v) is 3.52. The van der Waals surface area contributed by atoms with Crippen LogP contribution >= 0.6 is 0 Å². The van der Waals surface area contributed by atoms with E-state index in [4.69, 9.17) is 5.84 Å². The van der Waals surface area contributed by atoms with Crippen molar-refractivity contribution in [1.82, 2.24) is 5.32 Å². The summed E-state index contributed by atoms with van der Waals surface area (Å²) in [4.78, 5) is 12.1. The molecule has 2 bridgehead atoms. The summed E-state index contributed by atoms with van der Waals surface area (Å²) in [6.45, 7) is 0. The minimum atomic E-state index is -0.870. The highest BCUT2D eigenvalue weighted by atomic mass is 19.1. The Labute approximate surface area is 115 Å². The van der Waals surface area contributed by atoms with Crippen molar-refractivity contribution in [3.8, 4) is 0 Å². The number of hydrogen-bond donors (Lipinski definition) is 3. The van der Waals surface area contributed by atoms with Gasteiger partial charge in [-0.15, -0.1) is 0 Å². The molecule has 20 heavy (non-hydrogen) atoms. The first-order valence-corrected chi connectivity index (χ1v) is 6.85. The van der Waals surface area contributed by atoms with Crippen molar-refractivity contribution in [2.75, 3.05) is 5.43 Å². The third-order valence-electron chi connectivity index (χ3n) is 4.50. The van der Waals surface area contributed by atoms with Crippen LogP contribution in [0.5, 0.6) is 0 Å². The van der Waals surface area contributed by atoms with E-state index in [9.17, 15) is 13.6 Å². The van der Waals surface area contributed by atoms with E-state index in [-0.39, 0.29) is 11.6 Å². The molecule has 2 fully saturated rings. The van der Waals surface area contributed by atoms with Gasteiger partial charge in [-0.1, -0.05) is 6.42 Å². The highest BCUT2D eigenvalue weighted by Gasteiger charge is 2.40. The Bertz CT molecular complexity index is 526. The molecule has 3 unspecified atom stereocenters. The molecular formula is C14H17F2N3O. The van der Waals surface area contributed by atoms with E-state index in [1.807, 2.05) is 5.43 Å². The summed E-state index contributed by atoms with van der Waals surface area (Å²) in [6.07, 6.45) is 4.50. The Hall–Kier alpha value is -1.69. The molecule has 0 aliphatic heterocycles. The lowest BCUT2D eigenvalue weighted by molar-refractivity contribution is 0.0922. The maximum absolute atomic E-state index is 13.6. The number of fused-ring (bicyclic) bond motifs is 2. The Morgan fingerprint density at radius 1 is 1.20 bits per heavy atom. The van der Waals surface area contributed by atoms with Crippen LogP contribution in [0.25, 0.3) is 0 Å². The highest BCUT2D eigenvalue weighted by molar-refractivity contribution is 5.94. The van der Waals surface area contributed by atoms with Crippen LogP contribution < -0.4 is 16.6 Å². The van der Waals surface area contributed by atoms with Crippen molar-refractivity contribution in [1.29, 1.82) is 0 Å². The number of halogens is 2. The minimum Gasteiger partial charge on any atom is -0.349 e. The predicted molar refractivity (Wildman–Crippen MR) is 70.9 cm³/mol. The van der Waals surface area contributed by atoms with Crippen molar-refractivity contribution in [3.05, 3.63) is 29.3 Å². The van der Waals surface area contributed by atoms with Crippen LogP contribution in [0.1, 0.15) is 36.0 Å². The van der Waals surface area contributed by atoms with Gasteiger partial charge in [0.05, 0.1) is 0 Å². The fraction of sp³-hybridized carbons (Fsp3) is 0.500. The molecule has 2 aliphatic rings. The zero-order valence-electron chi connectivity index (χ0n) is 11.0. The smallest absolute Gasteiger partial charge is 0.251 e. The molecule has 4 nitrogen and oxygen atoms in total. The summed E-state index contributed by atoms with van der Waals surface area (Å²) in [6, 6.07) is 2.14. The molecule has 4 N–H and O–H groups in total. The molecule has 1 amide bonds. The van der Waals surface area contributed by atoms with Crippen LogP contribution in [0.4, 0.5) is 14.5 Å². The molecule has 0 heterocycles. The summed E-state index contributed by atoms with van der Waals surface area (Å²) in [5, 5.41) is 2.89. The lowest BCUT2D eigenvalue weighted by Gasteiger charge is -2.23. The number of anilines is 1. The summed E-state index contributed by atoms with van der Waals surface area (Å²) >= 11 is 0. The van der Waals surface area contributed by atoms with Gasteiger partial charge in [0.15, 0.2) is 11.6 Å². The van der Waals surface area contributed by atoms with Crippen LogP contribution in [0.3, 0.4) is 0 Å². The lowest BCUT2D eigenvalue weighted by atomic mass is 9.95. The molecule has 0 saturated heterocycles. The number of carbonyl (C=O) groups is 1. The van der Waals surface area contributed by atoms with Crippen molar-refractivity contribution in [3.63, 3.8) is 0 Å². The molecule has 1 aromatic rings. The maximum atomic E-state index is 13.6. The number of benzene rings is 1. The van der Waals surface area contributed by atoms with Crippen LogP contribution in [0.15, 0.2) is 12.1 Å². The number of hydrogen-bond acceptors (Lipinski definition) is 3. The summed E-state index contributed by atoms with van der Waals surface area (Å²) in [5.74, 6) is 4.07. The molecule has 108 valence electrons. The largest absolute Gasteiger partial charge is 0.349 e. The summed E-state index contributed by atoms with van der Waals surface area (Å²) in [5.41, 5.74) is 1.50. The molecule has 3 rings (SSSR count). The Balaban J connectivity index is 1.74. The van der Waals surface area contributed by atoms with Gasteiger partial charge >= 0.3 is 0 Å². The van der Waals surface area contributed by atoms with E-state index in [1.54, 1.807) is 0 Å². The minimum absolute atomic E-state index is 0.0122. The van der Waals surface area contributed by atoms with Gasteiger partial charge in [0.2, 0.25) is 0 Å². The van der Waals surface area contributed by atoms with Crippen LogP contribution in [0.2, 0.25) is 0 Å². The van der Waals surface area contributed by atoms with E-state index in [0.717, 1.165) is 31.4 Å². The molecule has 0 aromatic heterocycles. The van der Waals surface area contributed by atoms with Gasteiger partial charge in [-0.25, -0.2) is 8.78 Å². The standard InChI is InChI=1S/C14H17F2N3O/c15-10-5-9(6-11(16)13(10)19-17)14(20)18-12-4-7-1-2-8(12)3-7/h5-8,12,19H,1-4,17H2,(H,18,20). The van der Waals surface area contributed by atoms with Gasteiger partial charge in [-0.2, -0.15) is 0 Å². The van der Waals surface area contributed by atoms with Gasteiger partial charge in [-0.3, -0.25) is 10.6 Å². The van der Waals surface area contributed by atoms with Crippen LogP contribution in [-0.4, -0.2) is 11.9 Å². The predicted octanol–water partition coefficient (Wildman–Crippen LogP) is 2.17. The van der Waals surface area contributed by atoms with Gasteiger partial charge in [0.25, 0.3) is 5.91 Å². The number of carbonyl (C=O) groups excluding carboxylic acids is 1. The molecule has 0 radical (unpaired) electrons. The molecule has 3 atom stereocenters. The number of nitrogen functional groups attached to an aromatic ring is 1. The number of rotatable bonds is 3. The van der Waals surface area contributed by atoms with Crippen LogP contribution in [0, 0.1) is 23.5 Å². The summed E-state index contributed by atoms with van der Waals surface area (Å²) in [7, 11) is 0. The molecule has 2 saturated carbocycles. The van der Waals surface area contributed by atoms with Crippen molar-refractivity contribution in [2.45, 2.75) is 31.7 Å². The quantitative estimate of drug-likeness (QED) is 0.587. The first kappa shape index (κ1) is 13.3. The highest BCUT2D eigenvalue weighted by Crippen LogP contribution is 2.44. The fourth-order valence-electron chi connectivity index (χ4n) is 3.52. The van der Waals surface area contributed by atoms with Gasteiger partial charge in [0.1, 0.15) is 5.69 Å². The third kappa shape index (κ3) is 2.24. The van der Waals surface area contributed by atoms with Gasteiger partial charge in [0, 0.05) is 11.6 Å². The maximum Gasteiger partial charge on any atom is 0.251 e. The normalized spacial score (nSPS) is 27.6. The van der Waals surface area contributed by atoms with Gasteiger partial charge < -0.3 is 10.7 Å². The first-order valence-electron chi connectivity index (χ1n) is 6.85. The van der Waals surface area contributed by atoms with Gasteiger partial charge in [-0.05, 0) is 43.2 Å². The van der Waals surface area contributed by atoms with Crippen molar-refractivity contribution < 1.29 is 13.6 Å². The topological polar surface area (TPSA) is 67.1 Å². The number of nitrogens with two attached hydrogens (primary N) is 1. The average molecular weight is 281 g/mol. The molecular weight excluding hydrogens is 264 g/mol. The van der Waals surface area contributed by atoms with Crippen molar-refractivity contribution >= 4 is 11.6 Å². The zero-order valence-corrected chi connectivity index (χ0v) is 11.0. The van der Waals surface area contributed by atoms with E-state index in [0.29, 0.717) is 11.8 Å². The number of amides is 1. The lowest BCUT2D eigenvalue weighted by Crippen LogP contribution is -2.38. The second-order valence-electron chi connectivity index (χ2n) is 5.71. The molecule has 6 heteroatoms. The first-order chi connectivity index (χ1) is 9.58. The van der Waals surface area contributed by atoms with E-state index < -0.39 is 23.2 Å². The monoisotopic (exact) mass is 281 g/mol. The third-order valence-corrected chi connectivity index (χ3v) is 4.50. The van der Waals surface area contributed by atoms with E-state index >= 15 is 0 Å². The zero-order chi connectivity index (χ0) is 14.3. The Kier molecular flexibility index (Phi) is 3.33. The second-order valence-corrected chi connectivity index (χ2v) is 5.71. The number of nitrogens with one attached hydrogen (secondary N) is 2. The Morgan fingerprint density at radius 2 is 1.90 bits per heavy atom. The average Bonchev–Trinajstić information content (AvgIpc) is 3.00. The molecule has 1 aromatic carbocycles. The SMILES string of the molecule is NNc1c(F)cc(C(=O)NC2CC3CCC2C3)cc1F. The van der Waals surface area contributed by atoms with E-state index in [1.165, 1.54) is 6.42 Å². The van der Waals surface area contributed by atoms with Crippen molar-refractivity contribution in [2.24, 2.45) is 17.7 Å². The molecule has 0 spiro atoms. The number of hydrazine groups is 1. The Morgan fingerprint density at radius 3 is 2.40 bits per heavy atom. The van der Waals surface area contributed by atoms with E-state index in [2.05, 4.69) is 5.32 Å².